The van der Waals surface area contributed by atoms with E-state index in [4.69, 9.17) is 0 Å². The van der Waals surface area contributed by atoms with Gasteiger partial charge in [-0.2, -0.15) is 0 Å². The third-order valence-electron chi connectivity index (χ3n) is 4.01. The fourth-order valence-corrected chi connectivity index (χ4v) is 3.60. The van der Waals surface area contributed by atoms with E-state index in [9.17, 15) is 4.79 Å². The first-order chi connectivity index (χ1) is 9.60. The number of nitrogens with zero attached hydrogens (tertiary/aromatic N) is 2. The predicted octanol–water partition coefficient (Wildman–Crippen LogP) is 3.19. The van der Waals surface area contributed by atoms with Crippen LogP contribution in [0.1, 0.15) is 52.1 Å². The van der Waals surface area contributed by atoms with Crippen LogP contribution < -0.4 is 10.2 Å². The van der Waals surface area contributed by atoms with Crippen molar-refractivity contribution in [2.45, 2.75) is 53.0 Å². The summed E-state index contributed by atoms with van der Waals surface area (Å²) in [6.45, 7) is 8.39. The molecule has 4 nitrogen and oxygen atoms in total. The van der Waals surface area contributed by atoms with Crippen LogP contribution in [0.5, 0.6) is 0 Å². The Morgan fingerprint density at radius 1 is 1.50 bits per heavy atom. The largest absolute Gasteiger partial charge is 0.311 e. The van der Waals surface area contributed by atoms with Gasteiger partial charge in [0, 0.05) is 31.9 Å². The molecule has 0 spiro atoms. The Labute approximate surface area is 125 Å². The van der Waals surface area contributed by atoms with Crippen LogP contribution in [0.25, 0.3) is 0 Å². The maximum Gasteiger partial charge on any atom is 0.225 e. The Hall–Kier alpha value is -0.940. The molecular formula is C15H25N3OS. The molecule has 1 fully saturated rings. The summed E-state index contributed by atoms with van der Waals surface area (Å²) >= 11 is 1.55. The number of hydrogen-bond acceptors (Lipinski definition) is 4. The lowest BCUT2D eigenvalue weighted by atomic mass is 10.0. The van der Waals surface area contributed by atoms with Crippen molar-refractivity contribution in [3.05, 3.63) is 11.1 Å². The molecule has 0 unspecified atom stereocenters. The second-order valence-electron chi connectivity index (χ2n) is 5.74. The van der Waals surface area contributed by atoms with Gasteiger partial charge in [0.25, 0.3) is 0 Å². The first kappa shape index (κ1) is 15.4. The van der Waals surface area contributed by atoms with Crippen LogP contribution in [-0.2, 0) is 11.3 Å². The van der Waals surface area contributed by atoms with E-state index < -0.39 is 0 Å². The minimum Gasteiger partial charge on any atom is -0.311 e. The number of nitrogens with one attached hydrogen (secondary N) is 1. The van der Waals surface area contributed by atoms with Crippen LogP contribution in [-0.4, -0.2) is 24.0 Å². The summed E-state index contributed by atoms with van der Waals surface area (Å²) in [7, 11) is 0. The Bertz CT molecular complexity index is 454. The zero-order chi connectivity index (χ0) is 14.6. The molecule has 0 bridgehead atoms. The SMILES string of the molecule is CCCC1(CNCc2csc(N(CC)C(C)=O)n2)CC1. The van der Waals surface area contributed by atoms with Gasteiger partial charge >= 0.3 is 0 Å². The normalized spacial score (nSPS) is 16.1. The van der Waals surface area contributed by atoms with Crippen LogP contribution in [0.3, 0.4) is 0 Å². The lowest BCUT2D eigenvalue weighted by molar-refractivity contribution is -0.116. The van der Waals surface area contributed by atoms with E-state index in [0.29, 0.717) is 12.0 Å². The second kappa shape index (κ2) is 6.68. The van der Waals surface area contributed by atoms with Crippen molar-refractivity contribution in [2.75, 3.05) is 18.0 Å². The van der Waals surface area contributed by atoms with E-state index in [1.54, 1.807) is 23.2 Å². The number of aromatic nitrogens is 1. The number of carbonyl (C=O) groups excluding carboxylic acids is 1. The summed E-state index contributed by atoms with van der Waals surface area (Å²) in [4.78, 5) is 17.8. The molecule has 1 heterocycles. The van der Waals surface area contributed by atoms with Gasteiger partial charge in [-0.25, -0.2) is 4.98 Å². The molecule has 1 aromatic heterocycles. The highest BCUT2D eigenvalue weighted by Crippen LogP contribution is 2.48. The average Bonchev–Trinajstić information content (AvgIpc) is 3.00. The topological polar surface area (TPSA) is 45.2 Å². The van der Waals surface area contributed by atoms with Crippen molar-refractivity contribution in [3.63, 3.8) is 0 Å². The molecule has 112 valence electrons. The van der Waals surface area contributed by atoms with Crippen molar-refractivity contribution in [1.82, 2.24) is 10.3 Å². The van der Waals surface area contributed by atoms with E-state index >= 15 is 0 Å². The molecule has 0 aromatic carbocycles. The van der Waals surface area contributed by atoms with Gasteiger partial charge in [0.2, 0.25) is 5.91 Å². The number of carbonyl (C=O) groups is 1. The first-order valence-electron chi connectivity index (χ1n) is 7.53. The highest BCUT2D eigenvalue weighted by molar-refractivity contribution is 7.14. The number of thiazole rings is 1. The van der Waals surface area contributed by atoms with Gasteiger partial charge in [0.1, 0.15) is 0 Å². The Morgan fingerprint density at radius 3 is 2.80 bits per heavy atom. The van der Waals surface area contributed by atoms with Crippen molar-refractivity contribution in [1.29, 1.82) is 0 Å². The van der Waals surface area contributed by atoms with Gasteiger partial charge < -0.3 is 5.32 Å². The molecule has 1 aromatic rings. The number of anilines is 1. The van der Waals surface area contributed by atoms with E-state index in [-0.39, 0.29) is 5.91 Å². The van der Waals surface area contributed by atoms with Crippen molar-refractivity contribution < 1.29 is 4.79 Å². The summed E-state index contributed by atoms with van der Waals surface area (Å²) in [6, 6.07) is 0. The molecule has 0 saturated heterocycles. The Balaban J connectivity index is 1.82. The van der Waals surface area contributed by atoms with E-state index in [1.165, 1.54) is 25.7 Å². The Kier molecular flexibility index (Phi) is 5.16. The Morgan fingerprint density at radius 2 is 2.25 bits per heavy atom. The number of rotatable bonds is 8. The fraction of sp³-hybridized carbons (Fsp3) is 0.733. The summed E-state index contributed by atoms with van der Waals surface area (Å²) in [6.07, 6.45) is 5.33. The maximum absolute atomic E-state index is 11.5. The smallest absolute Gasteiger partial charge is 0.225 e. The van der Waals surface area contributed by atoms with E-state index in [1.807, 2.05) is 12.3 Å². The average molecular weight is 295 g/mol. The molecule has 1 amide bonds. The van der Waals surface area contributed by atoms with Gasteiger partial charge in [-0.15, -0.1) is 11.3 Å². The van der Waals surface area contributed by atoms with Crippen LogP contribution in [0, 0.1) is 5.41 Å². The second-order valence-corrected chi connectivity index (χ2v) is 6.57. The highest BCUT2D eigenvalue weighted by Gasteiger charge is 2.40. The number of amides is 1. The van der Waals surface area contributed by atoms with Crippen molar-refractivity contribution in [3.8, 4) is 0 Å². The molecular weight excluding hydrogens is 270 g/mol. The van der Waals surface area contributed by atoms with Crippen LogP contribution in [0.2, 0.25) is 0 Å². The minimum atomic E-state index is 0.0567. The van der Waals surface area contributed by atoms with E-state index in [2.05, 4.69) is 17.2 Å². The molecule has 0 atom stereocenters. The first-order valence-corrected chi connectivity index (χ1v) is 8.41. The molecule has 1 N–H and O–H groups in total. The predicted molar refractivity (Wildman–Crippen MR) is 84.1 cm³/mol. The van der Waals surface area contributed by atoms with Gasteiger partial charge in [-0.3, -0.25) is 9.69 Å². The van der Waals surface area contributed by atoms with Crippen molar-refractivity contribution >= 4 is 22.4 Å². The third-order valence-corrected chi connectivity index (χ3v) is 4.92. The summed E-state index contributed by atoms with van der Waals surface area (Å²) in [5.74, 6) is 0.0567. The summed E-state index contributed by atoms with van der Waals surface area (Å²) in [5, 5.41) is 6.39. The highest BCUT2D eigenvalue weighted by atomic mass is 32.1. The molecule has 20 heavy (non-hydrogen) atoms. The fourth-order valence-electron chi connectivity index (χ4n) is 2.67. The maximum atomic E-state index is 11.5. The third kappa shape index (κ3) is 3.79. The van der Waals surface area contributed by atoms with Gasteiger partial charge in [0.15, 0.2) is 5.13 Å². The molecule has 0 aliphatic heterocycles. The van der Waals surface area contributed by atoms with Crippen molar-refractivity contribution in [2.24, 2.45) is 5.41 Å². The summed E-state index contributed by atoms with van der Waals surface area (Å²) < 4.78 is 0. The molecule has 1 aliphatic carbocycles. The standard InChI is InChI=1S/C15H25N3OS/c1-4-6-15(7-8-15)11-16-9-13-10-20-14(17-13)18(5-2)12(3)19/h10,16H,4-9,11H2,1-3H3. The lowest BCUT2D eigenvalue weighted by Gasteiger charge is -2.15. The molecule has 1 saturated carbocycles. The van der Waals surface area contributed by atoms with Gasteiger partial charge in [-0.1, -0.05) is 13.3 Å². The molecule has 1 aliphatic rings. The van der Waals surface area contributed by atoms with E-state index in [0.717, 1.165) is 23.9 Å². The van der Waals surface area contributed by atoms with Crippen LogP contribution >= 0.6 is 11.3 Å². The van der Waals surface area contributed by atoms with Crippen LogP contribution in [0.4, 0.5) is 5.13 Å². The monoisotopic (exact) mass is 295 g/mol. The zero-order valence-corrected chi connectivity index (χ0v) is 13.6. The lowest BCUT2D eigenvalue weighted by Crippen LogP contribution is -2.28. The quantitative estimate of drug-likeness (QED) is 0.801. The molecule has 5 heteroatoms. The molecule has 0 radical (unpaired) electrons. The number of hydrogen-bond donors (Lipinski definition) is 1. The summed E-state index contributed by atoms with van der Waals surface area (Å²) in [5.41, 5.74) is 1.61. The zero-order valence-electron chi connectivity index (χ0n) is 12.7. The minimum absolute atomic E-state index is 0.0567. The molecule has 2 rings (SSSR count). The van der Waals surface area contributed by atoms with Crippen LogP contribution in [0.15, 0.2) is 5.38 Å². The van der Waals surface area contributed by atoms with Gasteiger partial charge in [0.05, 0.1) is 5.69 Å². The van der Waals surface area contributed by atoms with Gasteiger partial charge in [-0.05, 0) is 31.6 Å².